The summed E-state index contributed by atoms with van der Waals surface area (Å²) in [6.45, 7) is 2.77. The minimum atomic E-state index is -0.284. The van der Waals surface area contributed by atoms with Gasteiger partial charge in [0, 0.05) is 31.4 Å². The molecule has 130 valence electrons. The van der Waals surface area contributed by atoms with Crippen LogP contribution in [0.4, 0.5) is 11.4 Å². The molecule has 0 spiro atoms. The summed E-state index contributed by atoms with van der Waals surface area (Å²) in [4.78, 5) is 37.2. The van der Waals surface area contributed by atoms with E-state index in [9.17, 15) is 14.4 Å². The molecule has 0 saturated heterocycles. The zero-order valence-electron chi connectivity index (χ0n) is 14.3. The Kier molecular flexibility index (Phi) is 5.92. The molecule has 0 heterocycles. The molecule has 2 atom stereocenters. The molecule has 2 rings (SSSR count). The molecule has 0 radical (unpaired) electrons. The Balaban J connectivity index is 1.82. The van der Waals surface area contributed by atoms with Gasteiger partial charge in [-0.1, -0.05) is 6.07 Å². The highest BCUT2D eigenvalue weighted by Gasteiger charge is 2.47. The van der Waals surface area contributed by atoms with Gasteiger partial charge in [-0.25, -0.2) is 0 Å². The fraction of sp³-hybridized carbons (Fsp3) is 0.471. The smallest absolute Gasteiger partial charge is 0.228 e. The van der Waals surface area contributed by atoms with Crippen LogP contribution in [-0.4, -0.2) is 49.8 Å². The quantitative estimate of drug-likeness (QED) is 0.692. The maximum atomic E-state index is 12.2. The molecule has 7 heteroatoms. The van der Waals surface area contributed by atoms with Crippen LogP contribution in [0.5, 0.6) is 0 Å². The predicted molar refractivity (Wildman–Crippen MR) is 92.5 cm³/mol. The van der Waals surface area contributed by atoms with Gasteiger partial charge in [0.1, 0.15) is 0 Å². The number of carbonyl (C=O) groups excluding carboxylic acids is 3. The molecule has 1 aliphatic carbocycles. The molecule has 0 bridgehead atoms. The summed E-state index contributed by atoms with van der Waals surface area (Å²) in [6, 6.07) is 6.93. The van der Waals surface area contributed by atoms with Crippen LogP contribution in [0.1, 0.15) is 13.3 Å². The van der Waals surface area contributed by atoms with Gasteiger partial charge in [0.2, 0.25) is 17.7 Å². The lowest BCUT2D eigenvalue weighted by Gasteiger charge is -2.10. The minimum Gasteiger partial charge on any atom is -0.355 e. The summed E-state index contributed by atoms with van der Waals surface area (Å²) in [6.07, 6.45) is 0.574. The van der Waals surface area contributed by atoms with Gasteiger partial charge in [-0.2, -0.15) is 0 Å². The number of carbonyl (C=O) groups is 3. The fourth-order valence-electron chi connectivity index (χ4n) is 2.42. The predicted octanol–water partition coefficient (Wildman–Crippen LogP) is 0.897. The highest BCUT2D eigenvalue weighted by Crippen LogP contribution is 2.39. The summed E-state index contributed by atoms with van der Waals surface area (Å²) in [5, 5.41) is 8.31. The van der Waals surface area contributed by atoms with Crippen molar-refractivity contribution in [2.75, 3.05) is 37.8 Å². The molecule has 1 fully saturated rings. The van der Waals surface area contributed by atoms with Crippen molar-refractivity contribution in [3.63, 3.8) is 0 Å². The molecule has 1 aliphatic rings. The number of hydrogen-bond acceptors (Lipinski definition) is 4. The Hall–Kier alpha value is -2.41. The molecule has 2 unspecified atom stereocenters. The molecule has 1 aromatic rings. The maximum absolute atomic E-state index is 12.2. The highest BCUT2D eigenvalue weighted by atomic mass is 16.2. The Bertz CT molecular complexity index is 630. The van der Waals surface area contributed by atoms with E-state index in [1.165, 1.54) is 6.92 Å². The van der Waals surface area contributed by atoms with Crippen molar-refractivity contribution in [2.45, 2.75) is 13.3 Å². The molecular formula is C17H24N4O3. The molecule has 3 N–H and O–H groups in total. The largest absolute Gasteiger partial charge is 0.355 e. The first-order chi connectivity index (χ1) is 11.4. The van der Waals surface area contributed by atoms with E-state index in [-0.39, 0.29) is 29.6 Å². The first-order valence-electron chi connectivity index (χ1n) is 7.98. The molecule has 0 aromatic heterocycles. The first-order valence-corrected chi connectivity index (χ1v) is 7.98. The second-order valence-corrected chi connectivity index (χ2v) is 6.29. The number of benzene rings is 1. The van der Waals surface area contributed by atoms with Crippen LogP contribution < -0.4 is 16.0 Å². The summed E-state index contributed by atoms with van der Waals surface area (Å²) in [7, 11) is 3.88. The zero-order valence-corrected chi connectivity index (χ0v) is 14.3. The summed E-state index contributed by atoms with van der Waals surface area (Å²) < 4.78 is 0. The van der Waals surface area contributed by atoms with Crippen molar-refractivity contribution < 1.29 is 14.4 Å². The standard InChI is InChI=1S/C17H24N4O3/c1-11(22)19-12-5-4-6-13(9-12)20-17(24)15-10-14(15)16(23)18-7-8-21(2)3/h4-6,9,14-15H,7-8,10H2,1-3H3,(H,18,23)(H,19,22)(H,20,24). The first kappa shape index (κ1) is 17.9. The molecule has 24 heavy (non-hydrogen) atoms. The molecule has 3 amide bonds. The van der Waals surface area contributed by atoms with Crippen LogP contribution >= 0.6 is 0 Å². The summed E-state index contributed by atoms with van der Waals surface area (Å²) in [5.74, 6) is -0.929. The lowest BCUT2D eigenvalue weighted by atomic mass is 10.2. The van der Waals surface area contributed by atoms with Crippen molar-refractivity contribution >= 4 is 29.1 Å². The highest BCUT2D eigenvalue weighted by molar-refractivity contribution is 6.00. The van der Waals surface area contributed by atoms with Gasteiger partial charge in [0.05, 0.1) is 11.8 Å². The lowest BCUT2D eigenvalue weighted by Crippen LogP contribution is -2.33. The molecular weight excluding hydrogens is 308 g/mol. The number of nitrogens with one attached hydrogen (secondary N) is 3. The minimum absolute atomic E-state index is 0.0657. The Morgan fingerprint density at radius 1 is 1.08 bits per heavy atom. The van der Waals surface area contributed by atoms with Crippen molar-refractivity contribution in [3.05, 3.63) is 24.3 Å². The second-order valence-electron chi connectivity index (χ2n) is 6.29. The fourth-order valence-corrected chi connectivity index (χ4v) is 2.42. The van der Waals surface area contributed by atoms with Crippen LogP contribution in [0.25, 0.3) is 0 Å². The van der Waals surface area contributed by atoms with Crippen LogP contribution in [-0.2, 0) is 14.4 Å². The third-order valence-electron chi connectivity index (χ3n) is 3.77. The van der Waals surface area contributed by atoms with Crippen molar-refractivity contribution in [3.8, 4) is 0 Å². The number of hydrogen-bond donors (Lipinski definition) is 3. The van der Waals surface area contributed by atoms with Crippen molar-refractivity contribution in [2.24, 2.45) is 11.8 Å². The van der Waals surface area contributed by atoms with E-state index < -0.39 is 0 Å². The van der Waals surface area contributed by atoms with Crippen LogP contribution in [0, 0.1) is 11.8 Å². The number of anilines is 2. The average Bonchev–Trinajstić information content (AvgIpc) is 3.27. The third kappa shape index (κ3) is 5.34. The number of likely N-dealkylation sites (N-methyl/N-ethyl adjacent to an activating group) is 1. The molecule has 0 aliphatic heterocycles. The maximum Gasteiger partial charge on any atom is 0.228 e. The van der Waals surface area contributed by atoms with E-state index in [0.717, 1.165) is 6.54 Å². The van der Waals surface area contributed by atoms with Crippen LogP contribution in [0.15, 0.2) is 24.3 Å². The van der Waals surface area contributed by atoms with Crippen molar-refractivity contribution in [1.29, 1.82) is 0 Å². The number of rotatable bonds is 7. The van der Waals surface area contributed by atoms with Gasteiger partial charge in [-0.3, -0.25) is 14.4 Å². The Morgan fingerprint density at radius 2 is 1.71 bits per heavy atom. The van der Waals surface area contributed by atoms with E-state index in [1.54, 1.807) is 24.3 Å². The summed E-state index contributed by atoms with van der Waals surface area (Å²) in [5.41, 5.74) is 1.22. The van der Waals surface area contributed by atoms with Gasteiger partial charge >= 0.3 is 0 Å². The van der Waals surface area contributed by atoms with E-state index >= 15 is 0 Å². The van der Waals surface area contributed by atoms with Gasteiger partial charge in [0.15, 0.2) is 0 Å². The van der Waals surface area contributed by atoms with E-state index in [4.69, 9.17) is 0 Å². The Labute approximate surface area is 141 Å². The van der Waals surface area contributed by atoms with Crippen LogP contribution in [0.2, 0.25) is 0 Å². The van der Waals surface area contributed by atoms with Crippen LogP contribution in [0.3, 0.4) is 0 Å². The number of amides is 3. The normalized spacial score (nSPS) is 18.8. The second kappa shape index (κ2) is 7.92. The SMILES string of the molecule is CC(=O)Nc1cccc(NC(=O)C2CC2C(=O)NCCN(C)C)c1. The van der Waals surface area contributed by atoms with Crippen molar-refractivity contribution in [1.82, 2.24) is 10.2 Å². The van der Waals surface area contributed by atoms with E-state index in [1.807, 2.05) is 19.0 Å². The average molecular weight is 332 g/mol. The molecule has 7 nitrogen and oxygen atoms in total. The van der Waals surface area contributed by atoms with E-state index in [0.29, 0.717) is 24.3 Å². The monoisotopic (exact) mass is 332 g/mol. The lowest BCUT2D eigenvalue weighted by molar-refractivity contribution is -0.125. The zero-order chi connectivity index (χ0) is 17.7. The topological polar surface area (TPSA) is 90.5 Å². The third-order valence-corrected chi connectivity index (χ3v) is 3.77. The molecule has 1 saturated carbocycles. The number of nitrogens with zero attached hydrogens (tertiary/aromatic N) is 1. The molecule has 1 aromatic carbocycles. The summed E-state index contributed by atoms with van der Waals surface area (Å²) >= 11 is 0. The van der Waals surface area contributed by atoms with E-state index in [2.05, 4.69) is 16.0 Å². The van der Waals surface area contributed by atoms with Gasteiger partial charge in [0.25, 0.3) is 0 Å². The van der Waals surface area contributed by atoms with Gasteiger partial charge < -0.3 is 20.9 Å². The van der Waals surface area contributed by atoms with Gasteiger partial charge in [-0.05, 0) is 38.7 Å². The Morgan fingerprint density at radius 3 is 2.33 bits per heavy atom. The van der Waals surface area contributed by atoms with Gasteiger partial charge in [-0.15, -0.1) is 0 Å².